The number of nitrogens with one attached hydrogen (secondary N) is 1. The van der Waals surface area contributed by atoms with Gasteiger partial charge in [-0.25, -0.2) is 9.59 Å². The van der Waals surface area contributed by atoms with Crippen molar-refractivity contribution in [1.29, 1.82) is 0 Å². The molecule has 10 heteroatoms. The van der Waals surface area contributed by atoms with Crippen molar-refractivity contribution in [2.24, 2.45) is 11.8 Å². The number of hydrogen-bond acceptors (Lipinski definition) is 8. The number of alkyl carbamates (subject to hydrolysis) is 1. The number of carbonyl (C=O) groups excluding carboxylic acids is 3. The van der Waals surface area contributed by atoms with Crippen molar-refractivity contribution in [2.75, 3.05) is 26.4 Å². The summed E-state index contributed by atoms with van der Waals surface area (Å²) in [6.07, 6.45) is 2.98. The van der Waals surface area contributed by atoms with Gasteiger partial charge >= 0.3 is 18.0 Å². The molecule has 32 heavy (non-hydrogen) atoms. The molecule has 2 aliphatic heterocycles. The van der Waals surface area contributed by atoms with Gasteiger partial charge in [0.2, 0.25) is 0 Å². The van der Waals surface area contributed by atoms with Gasteiger partial charge in [0.1, 0.15) is 22.6 Å². The highest BCUT2D eigenvalue weighted by molar-refractivity contribution is 8.22. The minimum Gasteiger partial charge on any atom is -0.461 e. The van der Waals surface area contributed by atoms with Crippen LogP contribution in [0.5, 0.6) is 0 Å². The van der Waals surface area contributed by atoms with Crippen molar-refractivity contribution in [1.82, 2.24) is 10.2 Å². The second kappa shape index (κ2) is 10.7. The molecule has 1 saturated heterocycles. The number of ether oxygens (including phenoxy) is 3. The average molecular weight is 483 g/mol. The third-order valence-corrected chi connectivity index (χ3v) is 7.51. The van der Waals surface area contributed by atoms with E-state index in [1.165, 1.54) is 11.8 Å². The summed E-state index contributed by atoms with van der Waals surface area (Å²) in [6, 6.07) is 0. The van der Waals surface area contributed by atoms with E-state index in [1.807, 2.05) is 40.1 Å². The van der Waals surface area contributed by atoms with Gasteiger partial charge in [0.25, 0.3) is 0 Å². The van der Waals surface area contributed by atoms with Crippen LogP contribution in [0.4, 0.5) is 4.79 Å². The third-order valence-electron chi connectivity index (χ3n) is 5.66. The number of hydrogen-bond donors (Lipinski definition) is 1. The van der Waals surface area contributed by atoms with Crippen LogP contribution in [-0.4, -0.2) is 72.0 Å². The van der Waals surface area contributed by atoms with E-state index in [0.717, 1.165) is 12.0 Å². The van der Waals surface area contributed by atoms with Crippen molar-refractivity contribution in [3.05, 3.63) is 23.3 Å². The number of nitrogens with zero attached hydrogens (tertiary/aromatic N) is 1. The molecule has 2 heterocycles. The Balaban J connectivity index is 1.92. The molecule has 0 aromatic carbocycles. The first-order valence-corrected chi connectivity index (χ1v) is 12.2. The molecular formula is C22H30N2O6S2. The van der Waals surface area contributed by atoms with E-state index in [9.17, 15) is 14.4 Å². The third kappa shape index (κ3) is 5.83. The number of thioether (sulfide) groups is 1. The first-order chi connectivity index (χ1) is 15.2. The summed E-state index contributed by atoms with van der Waals surface area (Å²) in [6.45, 7) is 4.35. The molecule has 0 radical (unpaired) electrons. The van der Waals surface area contributed by atoms with Crippen LogP contribution in [0.25, 0.3) is 0 Å². The van der Waals surface area contributed by atoms with Gasteiger partial charge in [0, 0.05) is 44.8 Å². The highest BCUT2D eigenvalue weighted by atomic mass is 32.2. The lowest BCUT2D eigenvalue weighted by atomic mass is 9.82. The zero-order valence-corrected chi connectivity index (χ0v) is 20.4. The molecule has 0 unspecified atom stereocenters. The molecule has 1 aliphatic carbocycles. The van der Waals surface area contributed by atoms with Crippen molar-refractivity contribution < 1.29 is 28.6 Å². The summed E-state index contributed by atoms with van der Waals surface area (Å²) in [7, 11) is 3.69. The van der Waals surface area contributed by atoms with Gasteiger partial charge in [-0.1, -0.05) is 36.5 Å². The lowest BCUT2D eigenvalue weighted by Gasteiger charge is -2.28. The number of fused-ring (bicyclic) bond motifs is 2. The molecule has 1 amide bonds. The van der Waals surface area contributed by atoms with Crippen molar-refractivity contribution in [2.45, 2.75) is 51.4 Å². The highest BCUT2D eigenvalue weighted by Gasteiger charge is 2.50. The molecule has 8 nitrogen and oxygen atoms in total. The van der Waals surface area contributed by atoms with Crippen LogP contribution in [-0.2, 0) is 23.8 Å². The summed E-state index contributed by atoms with van der Waals surface area (Å²) in [4.78, 5) is 39.5. The maximum Gasteiger partial charge on any atom is 0.407 e. The largest absolute Gasteiger partial charge is 0.461 e. The Morgan fingerprint density at radius 1 is 1.28 bits per heavy atom. The summed E-state index contributed by atoms with van der Waals surface area (Å²) >= 11 is 6.76. The van der Waals surface area contributed by atoms with Crippen LogP contribution in [0.2, 0.25) is 0 Å². The fourth-order valence-corrected chi connectivity index (χ4v) is 5.25. The Kier molecular flexibility index (Phi) is 8.21. The average Bonchev–Trinajstić information content (AvgIpc) is 3.21. The van der Waals surface area contributed by atoms with E-state index in [1.54, 1.807) is 4.90 Å². The minimum absolute atomic E-state index is 0.231. The number of esters is 2. The number of thiocarbonyl (C=S) groups is 1. The molecule has 5 atom stereocenters. The van der Waals surface area contributed by atoms with Crippen LogP contribution in [0.15, 0.2) is 23.3 Å². The van der Waals surface area contributed by atoms with E-state index in [2.05, 4.69) is 5.32 Å². The maximum atomic E-state index is 12.9. The minimum atomic E-state index is -0.685. The van der Waals surface area contributed by atoms with Gasteiger partial charge in [-0.15, -0.1) is 0 Å². The molecule has 2 bridgehead atoms. The second-order valence-corrected chi connectivity index (χ2v) is 10.1. The molecule has 0 aromatic heterocycles. The summed E-state index contributed by atoms with van der Waals surface area (Å²) < 4.78 is 17.6. The first kappa shape index (κ1) is 24.6. The van der Waals surface area contributed by atoms with Crippen molar-refractivity contribution in [3.63, 3.8) is 0 Å². The monoisotopic (exact) mass is 482 g/mol. The van der Waals surface area contributed by atoms with Crippen LogP contribution >= 0.6 is 24.0 Å². The summed E-state index contributed by atoms with van der Waals surface area (Å²) in [5, 5.41) is 2.73. The van der Waals surface area contributed by atoms with Gasteiger partial charge in [-0.2, -0.15) is 0 Å². The van der Waals surface area contributed by atoms with Gasteiger partial charge in [0.05, 0.1) is 11.8 Å². The van der Waals surface area contributed by atoms with Crippen LogP contribution in [0.3, 0.4) is 0 Å². The van der Waals surface area contributed by atoms with Gasteiger partial charge in [0.15, 0.2) is 0 Å². The first-order valence-electron chi connectivity index (χ1n) is 10.8. The van der Waals surface area contributed by atoms with E-state index in [0.29, 0.717) is 28.6 Å². The lowest BCUT2D eigenvalue weighted by molar-refractivity contribution is -0.145. The fourth-order valence-electron chi connectivity index (χ4n) is 4.11. The summed E-state index contributed by atoms with van der Waals surface area (Å²) in [5.41, 5.74) is 1.41. The normalized spacial score (nSPS) is 30.8. The topological polar surface area (TPSA) is 94.2 Å². The SMILES string of the molecule is CCCNC(=O)O[C@@H]1/C=C(\C)C[C@H]2C=C(C[C@@H]3OC(=O)[C@H](CSC(=S)N(C)C)[C@H]31)C(=O)O2. The Bertz CT molecular complexity index is 840. The molecule has 176 valence electrons. The summed E-state index contributed by atoms with van der Waals surface area (Å²) in [5.74, 6) is -1.35. The van der Waals surface area contributed by atoms with Crippen molar-refractivity contribution >= 4 is 46.3 Å². The molecule has 0 spiro atoms. The number of carbonyl (C=O) groups is 3. The molecule has 0 saturated carbocycles. The second-order valence-electron chi connectivity index (χ2n) is 8.48. The van der Waals surface area contributed by atoms with Crippen LogP contribution in [0, 0.1) is 11.8 Å². The number of amides is 1. The maximum absolute atomic E-state index is 12.9. The molecule has 3 aliphatic rings. The van der Waals surface area contributed by atoms with Gasteiger partial charge < -0.3 is 24.4 Å². The van der Waals surface area contributed by atoms with Gasteiger partial charge in [-0.3, -0.25) is 4.79 Å². The number of rotatable bonds is 5. The predicted octanol–water partition coefficient (Wildman–Crippen LogP) is 2.82. The zero-order chi connectivity index (χ0) is 23.4. The highest BCUT2D eigenvalue weighted by Crippen LogP contribution is 2.40. The molecule has 0 aromatic rings. The van der Waals surface area contributed by atoms with E-state index in [-0.39, 0.29) is 24.5 Å². The quantitative estimate of drug-likeness (QED) is 0.275. The Morgan fingerprint density at radius 2 is 2.03 bits per heavy atom. The molecule has 1 fully saturated rings. The molecule has 1 N–H and O–H groups in total. The molecular weight excluding hydrogens is 452 g/mol. The van der Waals surface area contributed by atoms with E-state index in [4.69, 9.17) is 26.4 Å². The lowest BCUT2D eigenvalue weighted by Crippen LogP contribution is -2.39. The van der Waals surface area contributed by atoms with Crippen LogP contribution < -0.4 is 5.32 Å². The fraction of sp³-hybridized carbons (Fsp3) is 0.636. The van der Waals surface area contributed by atoms with Crippen molar-refractivity contribution in [3.8, 4) is 0 Å². The smallest absolute Gasteiger partial charge is 0.407 e. The van der Waals surface area contributed by atoms with E-state index < -0.39 is 30.1 Å². The van der Waals surface area contributed by atoms with Crippen LogP contribution in [0.1, 0.15) is 33.1 Å². The Morgan fingerprint density at radius 3 is 2.72 bits per heavy atom. The predicted molar refractivity (Wildman–Crippen MR) is 125 cm³/mol. The Labute approximate surface area is 198 Å². The Hall–Kier alpha value is -2.07. The van der Waals surface area contributed by atoms with Gasteiger partial charge in [-0.05, 0) is 25.5 Å². The van der Waals surface area contributed by atoms with E-state index >= 15 is 0 Å². The molecule has 3 rings (SSSR count). The zero-order valence-electron chi connectivity index (χ0n) is 18.8. The standard InChI is InChI=1S/C22H30N2O6S2/c1-5-6-23-21(27)30-16-8-12(2)7-14-9-13(19(25)28-14)10-17-18(16)15(20(26)29-17)11-32-22(31)24(3)4/h8-9,14-18H,5-7,10-11H2,1-4H3,(H,23,27)/b12-8+/t14-,15+,16+,17-,18-/m0/s1.